The number of nitro benzene ring substituents is 1. The number of non-ortho nitro benzene ring substituents is 1. The lowest BCUT2D eigenvalue weighted by Crippen LogP contribution is -2.39. The maximum Gasteiger partial charge on any atom is 0.269 e. The number of nitro groups is 1. The number of hydrogen-bond donors (Lipinski definition) is 2. The van der Waals surface area contributed by atoms with Crippen LogP contribution >= 0.6 is 12.4 Å². The maximum absolute atomic E-state index is 12.7. The molecule has 2 unspecified atom stereocenters. The van der Waals surface area contributed by atoms with Gasteiger partial charge in [0.05, 0.1) is 10.5 Å². The summed E-state index contributed by atoms with van der Waals surface area (Å²) in [6.45, 7) is 0.563. The molecule has 0 bridgehead atoms. The van der Waals surface area contributed by atoms with Crippen LogP contribution in [0.4, 0.5) is 5.69 Å². The topological polar surface area (TPSA) is 116 Å². The van der Waals surface area contributed by atoms with Gasteiger partial charge in [0.1, 0.15) is 5.69 Å². The van der Waals surface area contributed by atoms with Crippen LogP contribution in [0.2, 0.25) is 0 Å². The van der Waals surface area contributed by atoms with E-state index in [0.717, 1.165) is 19.3 Å². The van der Waals surface area contributed by atoms with Gasteiger partial charge in [-0.05, 0) is 37.4 Å². The highest BCUT2D eigenvalue weighted by Gasteiger charge is 2.29. The van der Waals surface area contributed by atoms with Gasteiger partial charge in [-0.15, -0.1) is 12.4 Å². The Morgan fingerprint density at radius 2 is 2.08 bits per heavy atom. The summed E-state index contributed by atoms with van der Waals surface area (Å²) in [7, 11) is 1.74. The lowest BCUT2D eigenvalue weighted by atomic mass is 10.0. The van der Waals surface area contributed by atoms with Crippen molar-refractivity contribution in [3.63, 3.8) is 0 Å². The highest BCUT2D eigenvalue weighted by molar-refractivity contribution is 6.00. The predicted octanol–water partition coefficient (Wildman–Crippen LogP) is 2.27. The quantitative estimate of drug-likeness (QED) is 0.610. The van der Waals surface area contributed by atoms with E-state index in [-0.39, 0.29) is 30.0 Å². The van der Waals surface area contributed by atoms with E-state index < -0.39 is 4.92 Å². The number of amides is 1. The van der Waals surface area contributed by atoms with Gasteiger partial charge in [-0.25, -0.2) is 0 Å². The van der Waals surface area contributed by atoms with Crippen molar-refractivity contribution >= 4 is 24.0 Å². The van der Waals surface area contributed by atoms with Crippen molar-refractivity contribution in [2.45, 2.75) is 25.3 Å². The van der Waals surface area contributed by atoms with E-state index >= 15 is 0 Å². The van der Waals surface area contributed by atoms with Gasteiger partial charge in [0.25, 0.3) is 11.6 Å². The number of aromatic nitrogens is 2. The van der Waals surface area contributed by atoms with Gasteiger partial charge in [0.2, 0.25) is 0 Å². The Labute approximate surface area is 157 Å². The van der Waals surface area contributed by atoms with Gasteiger partial charge < -0.3 is 11.1 Å². The summed E-state index contributed by atoms with van der Waals surface area (Å²) in [5.41, 5.74) is 7.42. The lowest BCUT2D eigenvalue weighted by molar-refractivity contribution is -0.384. The minimum Gasteiger partial charge on any atom is -0.349 e. The second-order valence-corrected chi connectivity index (χ2v) is 6.38. The summed E-state index contributed by atoms with van der Waals surface area (Å²) >= 11 is 0. The molecule has 2 atom stereocenters. The maximum atomic E-state index is 12.7. The number of benzene rings is 1. The van der Waals surface area contributed by atoms with Crippen LogP contribution in [-0.2, 0) is 7.05 Å². The third-order valence-electron chi connectivity index (χ3n) is 4.70. The van der Waals surface area contributed by atoms with Gasteiger partial charge in [-0.3, -0.25) is 19.6 Å². The first-order chi connectivity index (χ1) is 12.0. The van der Waals surface area contributed by atoms with Crippen LogP contribution in [0.3, 0.4) is 0 Å². The number of nitrogens with two attached hydrogens (primary N) is 1. The van der Waals surface area contributed by atoms with Crippen LogP contribution in [0.1, 0.15) is 29.6 Å². The molecule has 1 aromatic carbocycles. The van der Waals surface area contributed by atoms with Crippen LogP contribution in [0.25, 0.3) is 11.3 Å². The molecular weight excluding hydrogens is 358 g/mol. The van der Waals surface area contributed by atoms with Crippen LogP contribution in [-0.4, -0.2) is 33.2 Å². The molecule has 0 saturated heterocycles. The summed E-state index contributed by atoms with van der Waals surface area (Å²) in [5.74, 6) is 0.121. The van der Waals surface area contributed by atoms with Gasteiger partial charge in [0.15, 0.2) is 0 Å². The molecule has 1 amide bonds. The Kier molecular flexibility index (Phi) is 6.33. The van der Waals surface area contributed by atoms with Crippen molar-refractivity contribution in [2.24, 2.45) is 18.7 Å². The standard InChI is InChI=1S/C17H21N5O3.ClH/c1-21-10-14(17(23)19-15-4-2-3-12(15)9-18)16(20-21)11-5-7-13(8-6-11)22(24)25;/h5-8,10,12,15H,2-4,9,18H2,1H3,(H,19,23);1H. The van der Waals surface area contributed by atoms with Gasteiger partial charge >= 0.3 is 0 Å². The van der Waals surface area contributed by atoms with E-state index in [4.69, 9.17) is 5.73 Å². The molecule has 140 valence electrons. The molecule has 1 fully saturated rings. The lowest BCUT2D eigenvalue weighted by Gasteiger charge is -2.19. The predicted molar refractivity (Wildman–Crippen MR) is 100 cm³/mol. The van der Waals surface area contributed by atoms with E-state index in [0.29, 0.717) is 29.3 Å². The van der Waals surface area contributed by atoms with Gasteiger partial charge in [-0.1, -0.05) is 6.42 Å². The van der Waals surface area contributed by atoms with Crippen molar-refractivity contribution in [3.05, 3.63) is 46.1 Å². The van der Waals surface area contributed by atoms with Crippen molar-refractivity contribution in [3.8, 4) is 11.3 Å². The Morgan fingerprint density at radius 1 is 1.38 bits per heavy atom. The minimum absolute atomic E-state index is 0. The minimum atomic E-state index is -0.455. The second kappa shape index (κ2) is 8.29. The fraction of sp³-hybridized carbons (Fsp3) is 0.412. The Hall–Kier alpha value is -2.45. The molecule has 26 heavy (non-hydrogen) atoms. The first kappa shape index (κ1) is 19.9. The molecule has 1 aromatic heterocycles. The Balaban J connectivity index is 0.00000243. The van der Waals surface area contributed by atoms with E-state index in [2.05, 4.69) is 10.4 Å². The number of carbonyl (C=O) groups excluding carboxylic acids is 1. The summed E-state index contributed by atoms with van der Waals surface area (Å²) in [6.07, 6.45) is 4.69. The Morgan fingerprint density at radius 3 is 2.69 bits per heavy atom. The molecule has 2 aromatic rings. The van der Waals surface area contributed by atoms with E-state index in [1.54, 1.807) is 30.1 Å². The van der Waals surface area contributed by atoms with Crippen LogP contribution < -0.4 is 11.1 Å². The molecule has 1 saturated carbocycles. The fourth-order valence-corrected chi connectivity index (χ4v) is 3.36. The molecule has 0 radical (unpaired) electrons. The number of nitrogens with zero attached hydrogens (tertiary/aromatic N) is 3. The first-order valence-corrected chi connectivity index (χ1v) is 8.29. The van der Waals surface area contributed by atoms with E-state index in [9.17, 15) is 14.9 Å². The first-order valence-electron chi connectivity index (χ1n) is 8.29. The Bertz CT molecular complexity index is 790. The molecule has 0 aliphatic heterocycles. The van der Waals surface area contributed by atoms with Gasteiger partial charge in [0, 0.05) is 37.0 Å². The van der Waals surface area contributed by atoms with Crippen molar-refractivity contribution < 1.29 is 9.72 Å². The number of hydrogen-bond acceptors (Lipinski definition) is 5. The molecular formula is C17H22ClN5O3. The second-order valence-electron chi connectivity index (χ2n) is 6.38. The normalized spacial score (nSPS) is 19.0. The average molecular weight is 380 g/mol. The van der Waals surface area contributed by atoms with Crippen molar-refractivity contribution in [1.29, 1.82) is 0 Å². The number of aryl methyl sites for hydroxylation is 1. The highest BCUT2D eigenvalue weighted by atomic mass is 35.5. The molecule has 9 heteroatoms. The summed E-state index contributed by atoms with van der Waals surface area (Å²) in [6, 6.07) is 6.12. The fourth-order valence-electron chi connectivity index (χ4n) is 3.36. The number of rotatable bonds is 5. The molecule has 8 nitrogen and oxygen atoms in total. The zero-order valence-corrected chi connectivity index (χ0v) is 15.2. The summed E-state index contributed by atoms with van der Waals surface area (Å²) in [4.78, 5) is 23.1. The third kappa shape index (κ3) is 4.03. The third-order valence-corrected chi connectivity index (χ3v) is 4.70. The average Bonchev–Trinajstić information content (AvgIpc) is 3.21. The number of carbonyl (C=O) groups is 1. The smallest absolute Gasteiger partial charge is 0.269 e. The molecule has 1 heterocycles. The van der Waals surface area contributed by atoms with Crippen LogP contribution in [0.15, 0.2) is 30.5 Å². The highest BCUT2D eigenvalue weighted by Crippen LogP contribution is 2.27. The van der Waals surface area contributed by atoms with E-state index in [1.807, 2.05) is 0 Å². The largest absolute Gasteiger partial charge is 0.349 e. The molecule has 1 aliphatic rings. The molecule has 3 N–H and O–H groups in total. The zero-order valence-electron chi connectivity index (χ0n) is 14.4. The van der Waals surface area contributed by atoms with E-state index in [1.165, 1.54) is 12.1 Å². The summed E-state index contributed by atoms with van der Waals surface area (Å²) in [5, 5.41) is 18.2. The molecule has 1 aliphatic carbocycles. The van der Waals surface area contributed by atoms with Crippen LogP contribution in [0.5, 0.6) is 0 Å². The van der Waals surface area contributed by atoms with Crippen LogP contribution in [0, 0.1) is 16.0 Å². The monoisotopic (exact) mass is 379 g/mol. The van der Waals surface area contributed by atoms with Crippen molar-refractivity contribution in [1.82, 2.24) is 15.1 Å². The molecule has 0 spiro atoms. The number of nitrogens with one attached hydrogen (secondary N) is 1. The summed E-state index contributed by atoms with van der Waals surface area (Å²) < 4.78 is 1.57. The number of halogens is 1. The van der Waals surface area contributed by atoms with Gasteiger partial charge in [-0.2, -0.15) is 5.10 Å². The van der Waals surface area contributed by atoms with Crippen molar-refractivity contribution in [2.75, 3.05) is 6.54 Å². The SMILES string of the molecule is Cl.Cn1cc(C(=O)NC2CCCC2CN)c(-c2ccc([N+](=O)[O-])cc2)n1. The molecule has 3 rings (SSSR count). The zero-order chi connectivity index (χ0) is 18.0.